The van der Waals surface area contributed by atoms with Gasteiger partial charge in [-0.05, 0) is 24.5 Å². The fourth-order valence-electron chi connectivity index (χ4n) is 1.68. The van der Waals surface area contributed by atoms with Gasteiger partial charge in [0.15, 0.2) is 0 Å². The van der Waals surface area contributed by atoms with Gasteiger partial charge in [0.1, 0.15) is 5.75 Å². The first-order valence-electron chi connectivity index (χ1n) is 5.23. The summed E-state index contributed by atoms with van der Waals surface area (Å²) < 4.78 is 5.61. The van der Waals surface area contributed by atoms with E-state index in [1.807, 2.05) is 24.3 Å². The summed E-state index contributed by atoms with van der Waals surface area (Å²) in [5.74, 6) is 1.71. The van der Waals surface area contributed by atoms with Crippen LogP contribution in [0.5, 0.6) is 5.75 Å². The lowest BCUT2D eigenvalue weighted by Crippen LogP contribution is -2.14. The molecule has 2 rings (SSSR count). The average molecular weight is 211 g/mol. The lowest BCUT2D eigenvalue weighted by Gasteiger charge is -2.25. The third kappa shape index (κ3) is 2.42. The highest BCUT2D eigenvalue weighted by Crippen LogP contribution is 2.30. The molecular weight excluding hydrogens is 196 g/mol. The van der Waals surface area contributed by atoms with Gasteiger partial charge in [0, 0.05) is 0 Å². The molecule has 1 fully saturated rings. The van der Waals surface area contributed by atoms with Crippen molar-refractivity contribution in [2.75, 3.05) is 6.61 Å². The first kappa shape index (κ1) is 9.85. The summed E-state index contributed by atoms with van der Waals surface area (Å²) in [6, 6.07) is 7.65. The summed E-state index contributed by atoms with van der Waals surface area (Å²) in [7, 11) is 0. The highest BCUT2D eigenvalue weighted by molar-refractivity contribution is 6.32. The van der Waals surface area contributed by atoms with E-state index in [1.165, 1.54) is 25.7 Å². The number of ether oxygens (including phenoxy) is 1. The van der Waals surface area contributed by atoms with Gasteiger partial charge < -0.3 is 4.74 Å². The minimum absolute atomic E-state index is 0.709. The Morgan fingerprint density at radius 2 is 2.07 bits per heavy atom. The summed E-state index contributed by atoms with van der Waals surface area (Å²) in [4.78, 5) is 0. The zero-order valence-electron chi connectivity index (χ0n) is 8.21. The molecule has 0 N–H and O–H groups in total. The molecule has 0 amide bonds. The van der Waals surface area contributed by atoms with Crippen molar-refractivity contribution in [3.8, 4) is 5.75 Å². The second kappa shape index (κ2) is 4.70. The third-order valence-corrected chi connectivity index (χ3v) is 3.16. The molecule has 1 saturated carbocycles. The van der Waals surface area contributed by atoms with Crippen LogP contribution in [0.4, 0.5) is 0 Å². The quantitative estimate of drug-likeness (QED) is 0.732. The number of para-hydroxylation sites is 1. The minimum atomic E-state index is 0.709. The highest BCUT2D eigenvalue weighted by atomic mass is 35.5. The van der Waals surface area contributed by atoms with Crippen molar-refractivity contribution in [1.82, 2.24) is 0 Å². The van der Waals surface area contributed by atoms with Gasteiger partial charge in [0.05, 0.1) is 11.6 Å². The van der Waals surface area contributed by atoms with Gasteiger partial charge >= 0.3 is 0 Å². The highest BCUT2D eigenvalue weighted by Gasteiger charge is 2.16. The Labute approximate surface area is 90.0 Å². The van der Waals surface area contributed by atoms with Crippen LogP contribution in [0.2, 0.25) is 5.02 Å². The third-order valence-electron chi connectivity index (χ3n) is 2.85. The zero-order chi connectivity index (χ0) is 9.80. The number of halogens is 1. The van der Waals surface area contributed by atoms with E-state index < -0.39 is 0 Å². The molecule has 1 aliphatic rings. The smallest absolute Gasteiger partial charge is 0.137 e. The van der Waals surface area contributed by atoms with Crippen LogP contribution < -0.4 is 4.74 Å². The molecule has 0 saturated heterocycles. The van der Waals surface area contributed by atoms with Gasteiger partial charge in [-0.15, -0.1) is 0 Å². The molecule has 0 unspecified atom stereocenters. The molecule has 0 spiro atoms. The summed E-state index contributed by atoms with van der Waals surface area (Å²) in [6.45, 7) is 0.800. The summed E-state index contributed by atoms with van der Waals surface area (Å²) >= 11 is 5.96. The molecule has 0 radical (unpaired) electrons. The normalized spacial score (nSPS) is 16.4. The van der Waals surface area contributed by atoms with Crippen molar-refractivity contribution in [3.63, 3.8) is 0 Å². The molecule has 0 aliphatic heterocycles. The molecule has 76 valence electrons. The molecule has 1 aromatic rings. The Bertz CT molecular complexity index is 294. The largest absolute Gasteiger partial charge is 0.492 e. The molecule has 14 heavy (non-hydrogen) atoms. The van der Waals surface area contributed by atoms with Crippen LogP contribution in [0, 0.1) is 5.92 Å². The molecule has 0 aromatic heterocycles. The predicted molar refractivity (Wildman–Crippen MR) is 58.9 cm³/mol. The Hall–Kier alpha value is -0.690. The Kier molecular flexibility index (Phi) is 3.30. The number of rotatable bonds is 4. The van der Waals surface area contributed by atoms with E-state index in [-0.39, 0.29) is 0 Å². The molecular formula is C12H15ClO. The first-order valence-corrected chi connectivity index (χ1v) is 5.61. The maximum Gasteiger partial charge on any atom is 0.137 e. The van der Waals surface area contributed by atoms with E-state index in [1.54, 1.807) is 0 Å². The molecule has 1 aromatic carbocycles. The van der Waals surface area contributed by atoms with Gasteiger partial charge in [-0.25, -0.2) is 0 Å². The van der Waals surface area contributed by atoms with Crippen LogP contribution in [0.25, 0.3) is 0 Å². The lowest BCUT2D eigenvalue weighted by atomic mass is 9.83. The Morgan fingerprint density at radius 1 is 1.29 bits per heavy atom. The minimum Gasteiger partial charge on any atom is -0.492 e. The number of hydrogen-bond acceptors (Lipinski definition) is 1. The number of hydrogen-bond donors (Lipinski definition) is 0. The monoisotopic (exact) mass is 210 g/mol. The van der Waals surface area contributed by atoms with Gasteiger partial charge in [-0.2, -0.15) is 0 Å². The van der Waals surface area contributed by atoms with Crippen LogP contribution >= 0.6 is 11.6 Å². The van der Waals surface area contributed by atoms with Crippen molar-refractivity contribution in [2.24, 2.45) is 5.92 Å². The SMILES string of the molecule is Clc1ccccc1OCCC1CCC1. The second-order valence-electron chi connectivity index (χ2n) is 3.86. The molecule has 1 nitrogen and oxygen atoms in total. The van der Waals surface area contributed by atoms with Gasteiger partial charge in [0.2, 0.25) is 0 Å². The summed E-state index contributed by atoms with van der Waals surface area (Å²) in [6.07, 6.45) is 5.33. The van der Waals surface area contributed by atoms with E-state index in [2.05, 4.69) is 0 Å². The Morgan fingerprint density at radius 3 is 2.71 bits per heavy atom. The van der Waals surface area contributed by atoms with Gasteiger partial charge in [-0.3, -0.25) is 0 Å². The number of benzene rings is 1. The van der Waals surface area contributed by atoms with E-state index in [4.69, 9.17) is 16.3 Å². The van der Waals surface area contributed by atoms with Crippen molar-refractivity contribution in [3.05, 3.63) is 29.3 Å². The summed E-state index contributed by atoms with van der Waals surface area (Å²) in [5.41, 5.74) is 0. The van der Waals surface area contributed by atoms with Crippen LogP contribution in [0.3, 0.4) is 0 Å². The standard InChI is InChI=1S/C12H15ClO/c13-11-6-1-2-7-12(11)14-9-8-10-4-3-5-10/h1-2,6-7,10H,3-5,8-9H2. The maximum absolute atomic E-state index is 5.96. The predicted octanol–water partition coefficient (Wildman–Crippen LogP) is 3.91. The van der Waals surface area contributed by atoms with Crippen molar-refractivity contribution >= 4 is 11.6 Å². The Balaban J connectivity index is 1.76. The lowest BCUT2D eigenvalue weighted by molar-refractivity contribution is 0.222. The fraction of sp³-hybridized carbons (Fsp3) is 0.500. The first-order chi connectivity index (χ1) is 6.86. The molecule has 1 aliphatic carbocycles. The maximum atomic E-state index is 5.96. The average Bonchev–Trinajstić information content (AvgIpc) is 2.12. The van der Waals surface area contributed by atoms with Gasteiger partial charge in [0.25, 0.3) is 0 Å². The zero-order valence-corrected chi connectivity index (χ0v) is 8.96. The molecule has 2 heteroatoms. The van der Waals surface area contributed by atoms with Crippen molar-refractivity contribution < 1.29 is 4.74 Å². The van der Waals surface area contributed by atoms with E-state index in [9.17, 15) is 0 Å². The second-order valence-corrected chi connectivity index (χ2v) is 4.27. The molecule has 0 atom stereocenters. The van der Waals surface area contributed by atoms with Crippen LogP contribution in [0.15, 0.2) is 24.3 Å². The summed E-state index contributed by atoms with van der Waals surface area (Å²) in [5, 5.41) is 0.709. The van der Waals surface area contributed by atoms with E-state index >= 15 is 0 Å². The van der Waals surface area contributed by atoms with Gasteiger partial charge in [-0.1, -0.05) is 43.0 Å². The van der Waals surface area contributed by atoms with Crippen LogP contribution in [-0.4, -0.2) is 6.61 Å². The fourth-order valence-corrected chi connectivity index (χ4v) is 1.87. The van der Waals surface area contributed by atoms with Crippen molar-refractivity contribution in [2.45, 2.75) is 25.7 Å². The molecule has 0 heterocycles. The molecule has 0 bridgehead atoms. The van der Waals surface area contributed by atoms with Crippen LogP contribution in [0.1, 0.15) is 25.7 Å². The topological polar surface area (TPSA) is 9.23 Å². The van der Waals surface area contributed by atoms with E-state index in [0.717, 1.165) is 18.3 Å². The van der Waals surface area contributed by atoms with Crippen molar-refractivity contribution in [1.29, 1.82) is 0 Å². The van der Waals surface area contributed by atoms with E-state index in [0.29, 0.717) is 5.02 Å². The van der Waals surface area contributed by atoms with Crippen LogP contribution in [-0.2, 0) is 0 Å².